The van der Waals surface area contributed by atoms with Crippen molar-refractivity contribution in [3.8, 4) is 11.6 Å². The average Bonchev–Trinajstić information content (AvgIpc) is 3.18. The number of hydrogen-bond acceptors (Lipinski definition) is 3. The van der Waals surface area contributed by atoms with Crippen molar-refractivity contribution in [2.24, 2.45) is 0 Å². The van der Waals surface area contributed by atoms with Crippen LogP contribution in [0.5, 0.6) is 5.88 Å². The highest BCUT2D eigenvalue weighted by atomic mass is 35.5. The molecule has 0 atom stereocenters. The number of nitrogens with zero attached hydrogens (tertiary/aromatic N) is 3. The van der Waals surface area contributed by atoms with E-state index in [1.165, 1.54) is 25.9 Å². The summed E-state index contributed by atoms with van der Waals surface area (Å²) in [6.45, 7) is 8.31. The van der Waals surface area contributed by atoms with Crippen LogP contribution >= 0.6 is 35.6 Å². The molecular formula is C18H24Cl3N3O. The van der Waals surface area contributed by atoms with Gasteiger partial charge in [0, 0.05) is 17.8 Å². The number of benzene rings is 1. The van der Waals surface area contributed by atoms with Crippen molar-refractivity contribution in [1.29, 1.82) is 0 Å². The fourth-order valence-corrected chi connectivity index (χ4v) is 3.32. The molecule has 1 aromatic heterocycles. The molecule has 138 valence electrons. The molecule has 7 heteroatoms. The Kier molecular flexibility index (Phi) is 7.44. The first-order valence-electron chi connectivity index (χ1n) is 8.43. The fourth-order valence-electron chi connectivity index (χ4n) is 3.02. The molecule has 0 bridgehead atoms. The summed E-state index contributed by atoms with van der Waals surface area (Å²) in [5.41, 5.74) is 2.99. The van der Waals surface area contributed by atoms with Crippen LogP contribution in [0, 0.1) is 13.8 Å². The van der Waals surface area contributed by atoms with Crippen molar-refractivity contribution in [2.75, 3.05) is 26.2 Å². The lowest BCUT2D eigenvalue weighted by Gasteiger charge is -2.13. The Morgan fingerprint density at radius 1 is 1.12 bits per heavy atom. The van der Waals surface area contributed by atoms with Crippen molar-refractivity contribution in [3.05, 3.63) is 39.5 Å². The highest BCUT2D eigenvalue weighted by Gasteiger charge is 2.15. The number of aromatic nitrogens is 2. The summed E-state index contributed by atoms with van der Waals surface area (Å²) in [6, 6.07) is 5.51. The van der Waals surface area contributed by atoms with Crippen molar-refractivity contribution in [3.63, 3.8) is 0 Å². The maximum Gasteiger partial charge on any atom is 0.236 e. The molecule has 1 aromatic carbocycles. The van der Waals surface area contributed by atoms with E-state index >= 15 is 0 Å². The lowest BCUT2D eigenvalue weighted by molar-refractivity contribution is 0.255. The van der Waals surface area contributed by atoms with Gasteiger partial charge in [0.15, 0.2) is 0 Å². The molecule has 0 N–H and O–H groups in total. The molecule has 1 fully saturated rings. The third-order valence-electron chi connectivity index (χ3n) is 4.58. The molecule has 0 amide bonds. The van der Waals surface area contributed by atoms with E-state index in [1.807, 2.05) is 30.7 Å². The second-order valence-electron chi connectivity index (χ2n) is 6.28. The van der Waals surface area contributed by atoms with Crippen LogP contribution in [-0.2, 0) is 0 Å². The molecule has 1 aliphatic heterocycles. The van der Waals surface area contributed by atoms with Crippen LogP contribution in [0.4, 0.5) is 0 Å². The Hall–Kier alpha value is -0.940. The Bertz CT molecular complexity index is 712. The van der Waals surface area contributed by atoms with Gasteiger partial charge in [-0.1, -0.05) is 23.2 Å². The number of rotatable bonds is 6. The fraction of sp³-hybridized carbons (Fsp3) is 0.500. The van der Waals surface area contributed by atoms with E-state index in [-0.39, 0.29) is 12.4 Å². The zero-order valence-corrected chi connectivity index (χ0v) is 16.9. The molecular weight excluding hydrogens is 381 g/mol. The summed E-state index contributed by atoms with van der Waals surface area (Å²) in [5.74, 6) is 0.694. The monoisotopic (exact) mass is 403 g/mol. The van der Waals surface area contributed by atoms with E-state index in [0.717, 1.165) is 29.9 Å². The van der Waals surface area contributed by atoms with E-state index in [0.29, 0.717) is 22.5 Å². The molecule has 4 nitrogen and oxygen atoms in total. The zero-order valence-electron chi connectivity index (χ0n) is 14.6. The topological polar surface area (TPSA) is 30.3 Å². The highest BCUT2D eigenvalue weighted by Crippen LogP contribution is 2.28. The Labute approximate surface area is 165 Å². The van der Waals surface area contributed by atoms with Gasteiger partial charge in [0.2, 0.25) is 5.88 Å². The van der Waals surface area contributed by atoms with Gasteiger partial charge >= 0.3 is 0 Å². The molecule has 2 heterocycles. The standard InChI is InChI=1S/C18H23Cl2N3O.ClH/c1-13-14(2)23(15-6-7-16(19)17(20)12-15)21-18(13)24-11-5-10-22-8-3-4-9-22;/h6-7,12H,3-5,8-11H2,1-2H3;1H. The Morgan fingerprint density at radius 2 is 1.84 bits per heavy atom. The largest absolute Gasteiger partial charge is 0.476 e. The van der Waals surface area contributed by atoms with Gasteiger partial charge in [0.25, 0.3) is 0 Å². The molecule has 2 aromatic rings. The van der Waals surface area contributed by atoms with Crippen LogP contribution in [0.15, 0.2) is 18.2 Å². The first-order chi connectivity index (χ1) is 11.6. The minimum Gasteiger partial charge on any atom is -0.476 e. The maximum absolute atomic E-state index is 6.12. The second kappa shape index (κ2) is 9.13. The van der Waals surface area contributed by atoms with Gasteiger partial charge in [-0.2, -0.15) is 0 Å². The summed E-state index contributed by atoms with van der Waals surface area (Å²) in [7, 11) is 0. The summed E-state index contributed by atoms with van der Waals surface area (Å²) in [4.78, 5) is 2.50. The van der Waals surface area contributed by atoms with Gasteiger partial charge in [0.1, 0.15) is 0 Å². The van der Waals surface area contributed by atoms with E-state index in [4.69, 9.17) is 27.9 Å². The van der Waals surface area contributed by atoms with Crippen molar-refractivity contribution in [2.45, 2.75) is 33.1 Å². The van der Waals surface area contributed by atoms with Gasteiger partial charge < -0.3 is 9.64 Å². The zero-order chi connectivity index (χ0) is 17.1. The van der Waals surface area contributed by atoms with E-state index in [9.17, 15) is 0 Å². The first-order valence-corrected chi connectivity index (χ1v) is 9.18. The first kappa shape index (κ1) is 20.4. The van der Waals surface area contributed by atoms with Crippen LogP contribution in [0.2, 0.25) is 10.0 Å². The van der Waals surface area contributed by atoms with Gasteiger partial charge in [-0.05, 0) is 64.4 Å². The molecule has 1 saturated heterocycles. The smallest absolute Gasteiger partial charge is 0.236 e. The van der Waals surface area contributed by atoms with Gasteiger partial charge in [-0.3, -0.25) is 0 Å². The number of hydrogen-bond donors (Lipinski definition) is 0. The third kappa shape index (κ3) is 4.82. The molecule has 1 aliphatic rings. The van der Waals surface area contributed by atoms with Crippen molar-refractivity contribution in [1.82, 2.24) is 14.7 Å². The van der Waals surface area contributed by atoms with E-state index in [1.54, 1.807) is 6.07 Å². The quantitative estimate of drug-likeness (QED) is 0.629. The summed E-state index contributed by atoms with van der Waals surface area (Å²) < 4.78 is 7.77. The summed E-state index contributed by atoms with van der Waals surface area (Å²) in [5, 5.41) is 5.66. The van der Waals surface area contributed by atoms with Gasteiger partial charge in [0.05, 0.1) is 22.3 Å². The van der Waals surface area contributed by atoms with Crippen molar-refractivity contribution >= 4 is 35.6 Å². The number of ether oxygens (including phenoxy) is 1. The summed E-state index contributed by atoms with van der Waals surface area (Å²) in [6.07, 6.45) is 3.68. The minimum atomic E-state index is 0. The summed E-state index contributed by atoms with van der Waals surface area (Å²) >= 11 is 12.1. The Morgan fingerprint density at radius 3 is 2.52 bits per heavy atom. The molecule has 0 spiro atoms. The molecule has 0 radical (unpaired) electrons. The van der Waals surface area contributed by atoms with Gasteiger partial charge in [-0.15, -0.1) is 17.5 Å². The minimum absolute atomic E-state index is 0. The average molecular weight is 405 g/mol. The molecule has 25 heavy (non-hydrogen) atoms. The Balaban J connectivity index is 0.00000225. The van der Waals surface area contributed by atoms with Crippen LogP contribution in [0.3, 0.4) is 0 Å². The SMILES string of the molecule is Cc1c(OCCCN2CCCC2)nn(-c2ccc(Cl)c(Cl)c2)c1C.Cl. The third-order valence-corrected chi connectivity index (χ3v) is 5.31. The van der Waals surface area contributed by atoms with Crippen LogP contribution in [0.1, 0.15) is 30.5 Å². The maximum atomic E-state index is 6.12. The second-order valence-corrected chi connectivity index (χ2v) is 7.09. The molecule has 0 saturated carbocycles. The number of likely N-dealkylation sites (tertiary alicyclic amines) is 1. The number of halogens is 3. The van der Waals surface area contributed by atoms with E-state index < -0.39 is 0 Å². The van der Waals surface area contributed by atoms with E-state index in [2.05, 4.69) is 10.00 Å². The molecule has 0 unspecified atom stereocenters. The highest BCUT2D eigenvalue weighted by molar-refractivity contribution is 6.42. The predicted molar refractivity (Wildman–Crippen MR) is 106 cm³/mol. The van der Waals surface area contributed by atoms with Crippen LogP contribution in [-0.4, -0.2) is 40.9 Å². The lowest BCUT2D eigenvalue weighted by atomic mass is 10.2. The lowest BCUT2D eigenvalue weighted by Crippen LogP contribution is -2.22. The van der Waals surface area contributed by atoms with Gasteiger partial charge in [-0.25, -0.2) is 4.68 Å². The van der Waals surface area contributed by atoms with Crippen LogP contribution < -0.4 is 4.74 Å². The normalized spacial score (nSPS) is 14.6. The molecule has 3 rings (SSSR count). The predicted octanol–water partition coefficient (Wildman–Crippen LogP) is 5.08. The van der Waals surface area contributed by atoms with Crippen molar-refractivity contribution < 1.29 is 4.74 Å². The molecule has 0 aliphatic carbocycles. The van der Waals surface area contributed by atoms with Crippen LogP contribution in [0.25, 0.3) is 5.69 Å².